The molecule has 128 valence electrons. The van der Waals surface area contributed by atoms with Gasteiger partial charge in [0.2, 0.25) is 0 Å². The molecule has 0 aliphatic heterocycles. The van der Waals surface area contributed by atoms with Crippen LogP contribution in [-0.2, 0) is 5.88 Å². The third kappa shape index (κ3) is 3.34. The summed E-state index contributed by atoms with van der Waals surface area (Å²) < 4.78 is 1.33. The van der Waals surface area contributed by atoms with Crippen LogP contribution in [0.4, 0.5) is 0 Å². The molecule has 0 fully saturated rings. The highest BCUT2D eigenvalue weighted by Crippen LogP contribution is 2.22. The van der Waals surface area contributed by atoms with Gasteiger partial charge in [-0.25, -0.2) is 9.97 Å². The summed E-state index contributed by atoms with van der Waals surface area (Å²) in [6.07, 6.45) is 0. The van der Waals surface area contributed by atoms with Crippen LogP contribution >= 0.6 is 11.8 Å². The second kappa shape index (κ2) is 7.05. The standard InChI is InChI=1S/C19H15N5OS/c1-13-11-17(14-7-3-2-4-8-14)21-19(20-13)26-12-24-18(25)15-9-5-6-10-16(15)22-23-24/h2-11H,12H2,1H3. The summed E-state index contributed by atoms with van der Waals surface area (Å²) in [5.74, 6) is 0.300. The minimum atomic E-state index is -0.168. The van der Waals surface area contributed by atoms with Crippen molar-refractivity contribution in [2.24, 2.45) is 0 Å². The van der Waals surface area contributed by atoms with Crippen molar-refractivity contribution >= 4 is 22.7 Å². The SMILES string of the molecule is Cc1cc(-c2ccccc2)nc(SCn2nnc3ccccc3c2=O)n1. The van der Waals surface area contributed by atoms with E-state index in [4.69, 9.17) is 0 Å². The molecule has 0 aliphatic carbocycles. The van der Waals surface area contributed by atoms with Crippen molar-refractivity contribution in [3.8, 4) is 11.3 Å². The molecule has 0 spiro atoms. The lowest BCUT2D eigenvalue weighted by Gasteiger charge is -2.07. The van der Waals surface area contributed by atoms with Crippen LogP contribution in [0.1, 0.15) is 5.69 Å². The average Bonchev–Trinajstić information content (AvgIpc) is 2.68. The van der Waals surface area contributed by atoms with Crippen molar-refractivity contribution < 1.29 is 0 Å². The van der Waals surface area contributed by atoms with Gasteiger partial charge in [-0.05, 0) is 25.1 Å². The maximum atomic E-state index is 12.5. The van der Waals surface area contributed by atoms with E-state index >= 15 is 0 Å². The van der Waals surface area contributed by atoms with E-state index in [1.807, 2.05) is 55.5 Å². The molecule has 0 aliphatic rings. The summed E-state index contributed by atoms with van der Waals surface area (Å²) in [5, 5.41) is 9.25. The first-order valence-corrected chi connectivity index (χ1v) is 9.06. The quantitative estimate of drug-likeness (QED) is 0.410. The molecule has 0 amide bonds. The fraction of sp³-hybridized carbons (Fsp3) is 0.105. The largest absolute Gasteiger partial charge is 0.278 e. The highest BCUT2D eigenvalue weighted by atomic mass is 32.2. The lowest BCUT2D eigenvalue weighted by Crippen LogP contribution is -2.23. The van der Waals surface area contributed by atoms with Crippen LogP contribution in [0.15, 0.2) is 70.6 Å². The van der Waals surface area contributed by atoms with Gasteiger partial charge in [-0.1, -0.05) is 59.4 Å². The Morgan fingerprint density at radius 3 is 2.62 bits per heavy atom. The van der Waals surface area contributed by atoms with E-state index in [-0.39, 0.29) is 5.56 Å². The molecule has 0 bridgehead atoms. The number of fused-ring (bicyclic) bond motifs is 1. The molecule has 2 heterocycles. The summed E-state index contributed by atoms with van der Waals surface area (Å²) in [5.41, 5.74) is 3.19. The van der Waals surface area contributed by atoms with Crippen LogP contribution in [0.25, 0.3) is 22.2 Å². The highest BCUT2D eigenvalue weighted by molar-refractivity contribution is 7.98. The van der Waals surface area contributed by atoms with Crippen LogP contribution in [0.2, 0.25) is 0 Å². The van der Waals surface area contributed by atoms with Crippen LogP contribution in [-0.4, -0.2) is 25.0 Å². The predicted octanol–water partition coefficient (Wildman–Crippen LogP) is 3.31. The van der Waals surface area contributed by atoms with E-state index in [1.54, 1.807) is 12.1 Å². The first-order chi connectivity index (χ1) is 12.7. The van der Waals surface area contributed by atoms with Gasteiger partial charge in [-0.3, -0.25) is 4.79 Å². The fourth-order valence-electron chi connectivity index (χ4n) is 2.59. The van der Waals surface area contributed by atoms with Gasteiger partial charge in [0.15, 0.2) is 5.16 Å². The van der Waals surface area contributed by atoms with Crippen LogP contribution in [0.5, 0.6) is 0 Å². The normalized spacial score (nSPS) is 11.0. The minimum absolute atomic E-state index is 0.168. The third-order valence-electron chi connectivity index (χ3n) is 3.85. The molecule has 2 aromatic carbocycles. The van der Waals surface area contributed by atoms with Gasteiger partial charge in [0.25, 0.3) is 5.56 Å². The number of nitrogens with zero attached hydrogens (tertiary/aromatic N) is 5. The molecule has 2 aromatic heterocycles. The van der Waals surface area contributed by atoms with Crippen molar-refractivity contribution in [1.29, 1.82) is 0 Å². The molecule has 0 N–H and O–H groups in total. The van der Waals surface area contributed by atoms with Gasteiger partial charge in [-0.2, -0.15) is 4.68 Å². The topological polar surface area (TPSA) is 73.6 Å². The zero-order chi connectivity index (χ0) is 17.9. The molecule has 6 nitrogen and oxygen atoms in total. The number of hydrogen-bond acceptors (Lipinski definition) is 6. The number of aryl methyl sites for hydroxylation is 1. The smallest absolute Gasteiger partial charge is 0.267 e. The van der Waals surface area contributed by atoms with Gasteiger partial charge in [0.1, 0.15) is 5.52 Å². The first kappa shape index (κ1) is 16.4. The van der Waals surface area contributed by atoms with E-state index in [1.165, 1.54) is 16.4 Å². The van der Waals surface area contributed by atoms with Crippen LogP contribution < -0.4 is 5.56 Å². The molecule has 4 rings (SSSR count). The second-order valence-electron chi connectivity index (χ2n) is 5.73. The summed E-state index contributed by atoms with van der Waals surface area (Å²) in [6, 6.07) is 19.1. The van der Waals surface area contributed by atoms with Gasteiger partial charge in [0.05, 0.1) is 17.0 Å². The molecular formula is C19H15N5OS. The van der Waals surface area contributed by atoms with Crippen molar-refractivity contribution in [3.63, 3.8) is 0 Å². The van der Waals surface area contributed by atoms with Gasteiger partial charge in [-0.15, -0.1) is 5.10 Å². The van der Waals surface area contributed by atoms with Gasteiger partial charge >= 0.3 is 0 Å². The maximum Gasteiger partial charge on any atom is 0.278 e. The van der Waals surface area contributed by atoms with Crippen LogP contribution in [0, 0.1) is 6.92 Å². The number of benzene rings is 2. The Balaban J connectivity index is 1.62. The number of rotatable bonds is 4. The van der Waals surface area contributed by atoms with E-state index < -0.39 is 0 Å². The fourth-order valence-corrected chi connectivity index (χ4v) is 3.37. The van der Waals surface area contributed by atoms with Crippen molar-refractivity contribution in [1.82, 2.24) is 25.0 Å². The molecule has 0 unspecified atom stereocenters. The molecule has 26 heavy (non-hydrogen) atoms. The van der Waals surface area contributed by atoms with Crippen molar-refractivity contribution in [3.05, 3.63) is 76.7 Å². The molecule has 7 heteroatoms. The molecular weight excluding hydrogens is 346 g/mol. The number of aromatic nitrogens is 5. The second-order valence-corrected chi connectivity index (χ2v) is 6.64. The Hall–Kier alpha value is -3.06. The summed E-state index contributed by atoms with van der Waals surface area (Å²) in [7, 11) is 0. The van der Waals surface area contributed by atoms with E-state index in [2.05, 4.69) is 20.3 Å². The molecule has 0 saturated carbocycles. The third-order valence-corrected chi connectivity index (χ3v) is 4.66. The van der Waals surface area contributed by atoms with E-state index in [0.717, 1.165) is 17.0 Å². The monoisotopic (exact) mass is 361 g/mol. The molecule has 0 radical (unpaired) electrons. The van der Waals surface area contributed by atoms with Gasteiger partial charge in [0, 0.05) is 11.3 Å². The minimum Gasteiger partial charge on any atom is -0.267 e. The van der Waals surface area contributed by atoms with Crippen molar-refractivity contribution in [2.75, 3.05) is 0 Å². The Bertz CT molecular complexity index is 1130. The zero-order valence-electron chi connectivity index (χ0n) is 14.0. The Morgan fingerprint density at radius 1 is 1.00 bits per heavy atom. The van der Waals surface area contributed by atoms with Crippen molar-refractivity contribution in [2.45, 2.75) is 18.0 Å². The lowest BCUT2D eigenvalue weighted by molar-refractivity contribution is 0.643. The number of thioether (sulfide) groups is 1. The van der Waals surface area contributed by atoms with E-state index in [0.29, 0.717) is 21.9 Å². The molecule has 0 saturated heterocycles. The van der Waals surface area contributed by atoms with Gasteiger partial charge < -0.3 is 0 Å². The predicted molar refractivity (Wildman–Crippen MR) is 102 cm³/mol. The Kier molecular flexibility index (Phi) is 4.45. The molecule has 4 aromatic rings. The average molecular weight is 361 g/mol. The van der Waals surface area contributed by atoms with Crippen LogP contribution in [0.3, 0.4) is 0 Å². The summed E-state index contributed by atoms with van der Waals surface area (Å²) in [6.45, 7) is 1.93. The summed E-state index contributed by atoms with van der Waals surface area (Å²) >= 11 is 1.36. The van der Waals surface area contributed by atoms with E-state index in [9.17, 15) is 4.79 Å². The molecule has 0 atom stereocenters. The highest BCUT2D eigenvalue weighted by Gasteiger charge is 2.09. The zero-order valence-corrected chi connectivity index (χ0v) is 14.8. The number of hydrogen-bond donors (Lipinski definition) is 0. The maximum absolute atomic E-state index is 12.5. The Labute approximate surface area is 153 Å². The lowest BCUT2D eigenvalue weighted by atomic mass is 10.1. The first-order valence-electron chi connectivity index (χ1n) is 8.07. The summed E-state index contributed by atoms with van der Waals surface area (Å²) in [4.78, 5) is 21.6. The Morgan fingerprint density at radius 2 is 1.77 bits per heavy atom.